The van der Waals surface area contributed by atoms with Gasteiger partial charge in [-0.05, 0) is 6.92 Å². The second-order valence-corrected chi connectivity index (χ2v) is 6.69. The molecule has 0 heterocycles. The van der Waals surface area contributed by atoms with Crippen LogP contribution in [0.25, 0.3) is 0 Å². The Morgan fingerprint density at radius 2 is 1.60 bits per heavy atom. The number of hydrogen-bond acceptors (Lipinski definition) is 2. The molecule has 0 aromatic carbocycles. The van der Waals surface area contributed by atoms with E-state index in [0.29, 0.717) is 29.8 Å². The third-order valence-electron chi connectivity index (χ3n) is 2.52. The first-order chi connectivity index (χ1) is 7.93. The number of hydrogen-bond donors (Lipinski definition) is 2. The van der Waals surface area contributed by atoms with E-state index in [4.69, 9.17) is 0 Å². The Labute approximate surface area is 126 Å². The van der Waals surface area contributed by atoms with E-state index in [-0.39, 0.29) is 26.9 Å². The third kappa shape index (κ3) is 12.1. The summed E-state index contributed by atoms with van der Waals surface area (Å²) in [5, 5.41) is 12.8. The Morgan fingerprint density at radius 3 is 1.95 bits per heavy atom. The van der Waals surface area contributed by atoms with Gasteiger partial charge in [0.05, 0.1) is 35.2 Å². The van der Waals surface area contributed by atoms with Crippen LogP contribution in [-0.2, 0) is 4.79 Å². The summed E-state index contributed by atoms with van der Waals surface area (Å²) in [7, 11) is 10.1. The van der Waals surface area contributed by atoms with Crippen LogP contribution in [0.3, 0.4) is 0 Å². The van der Waals surface area contributed by atoms with Gasteiger partial charge in [0, 0.05) is 5.57 Å². The van der Waals surface area contributed by atoms with Crippen molar-refractivity contribution in [2.24, 2.45) is 0 Å². The first-order valence-corrected chi connectivity index (χ1v) is 6.17. The summed E-state index contributed by atoms with van der Waals surface area (Å²) in [5.41, 5.74) is 0.502. The molecule has 122 valence electrons. The molecule has 0 fully saturated rings. The molecule has 5 heteroatoms. The van der Waals surface area contributed by atoms with Crippen molar-refractivity contribution >= 4 is 5.91 Å². The largest absolute Gasteiger partial charge is 0.382 e. The summed E-state index contributed by atoms with van der Waals surface area (Å²) in [6.07, 6.45) is -0.387. The summed E-state index contributed by atoms with van der Waals surface area (Å²) in [6.45, 7) is 7.06. The second-order valence-electron chi connectivity index (χ2n) is 6.69. The summed E-state index contributed by atoms with van der Waals surface area (Å²) >= 11 is 0. The van der Waals surface area contributed by atoms with Crippen molar-refractivity contribution in [2.45, 2.75) is 27.9 Å². The third-order valence-corrected chi connectivity index (χ3v) is 2.52. The zero-order valence-corrected chi connectivity index (χ0v) is 12.7. The second kappa shape index (κ2) is 9.10. The monoisotopic (exact) mass is 291 g/mol. The molecule has 0 aliphatic heterocycles. The highest BCUT2D eigenvalue weighted by Crippen LogP contribution is 2.02. The van der Waals surface area contributed by atoms with Crippen molar-refractivity contribution in [2.75, 3.05) is 55.0 Å². The molecule has 0 saturated carbocycles. The topological polar surface area (TPSA) is 49.3 Å². The quantitative estimate of drug-likeness (QED) is 0.418. The number of aliphatic hydroxyl groups is 1. The maximum absolute atomic E-state index is 11.4. The van der Waals surface area contributed by atoms with E-state index in [9.17, 15) is 9.90 Å². The highest BCUT2D eigenvalue weighted by atomic mass is 16.3. The fourth-order valence-electron chi connectivity index (χ4n) is 1.76. The lowest BCUT2D eigenvalue weighted by Gasteiger charge is -2.34. The maximum Gasteiger partial charge on any atom is 0.250 e. The van der Waals surface area contributed by atoms with E-state index in [1.807, 2.05) is 35.2 Å². The van der Waals surface area contributed by atoms with Gasteiger partial charge in [0.15, 0.2) is 12.8 Å². The lowest BCUT2D eigenvalue weighted by Crippen LogP contribution is -2.55. The van der Waals surface area contributed by atoms with Crippen molar-refractivity contribution in [3.8, 4) is 0 Å². The molecule has 0 rings (SSSR count). The fraction of sp³-hybridized carbons (Fsp3) is 0.800. The zero-order chi connectivity index (χ0) is 14.6. The molecule has 1 unspecified atom stereocenters. The Morgan fingerprint density at radius 1 is 1.15 bits per heavy atom. The van der Waals surface area contributed by atoms with Gasteiger partial charge in [-0.15, -0.1) is 0 Å². The Kier molecular flexibility index (Phi) is 11.0. The van der Waals surface area contributed by atoms with Crippen LogP contribution in [0.5, 0.6) is 0 Å². The van der Waals surface area contributed by atoms with Crippen LogP contribution in [0.1, 0.15) is 21.8 Å². The van der Waals surface area contributed by atoms with Gasteiger partial charge in [-0.3, -0.25) is 4.79 Å². The van der Waals surface area contributed by atoms with Crippen molar-refractivity contribution in [1.29, 1.82) is 0 Å². The number of quaternary nitrogens is 2. The average molecular weight is 291 g/mol. The molecule has 0 radical (unpaired) electrons. The van der Waals surface area contributed by atoms with Crippen molar-refractivity contribution in [3.63, 3.8) is 0 Å². The van der Waals surface area contributed by atoms with Crippen molar-refractivity contribution in [3.05, 3.63) is 12.2 Å². The van der Waals surface area contributed by atoms with Crippen LogP contribution in [0, 0.1) is 0 Å². The Balaban J connectivity index is -0.00000144. The van der Waals surface area contributed by atoms with Crippen molar-refractivity contribution in [1.82, 2.24) is 5.32 Å². The van der Waals surface area contributed by atoms with E-state index in [1.165, 1.54) is 0 Å². The molecule has 0 aromatic rings. The molecular formula is C15H37N3O2+2. The lowest BCUT2D eigenvalue weighted by atomic mass is 10.2. The van der Waals surface area contributed by atoms with Crippen LogP contribution >= 0.6 is 0 Å². The number of amides is 1. The van der Waals surface area contributed by atoms with Gasteiger partial charge >= 0.3 is 0 Å². The first-order valence-electron chi connectivity index (χ1n) is 6.17. The highest BCUT2D eigenvalue weighted by Gasteiger charge is 2.25. The molecule has 1 atom stereocenters. The molecule has 0 aliphatic carbocycles. The lowest BCUT2D eigenvalue weighted by molar-refractivity contribution is -0.908. The average Bonchev–Trinajstić information content (AvgIpc) is 2.09. The highest BCUT2D eigenvalue weighted by molar-refractivity contribution is 5.91. The molecule has 0 spiro atoms. The Bertz CT molecular complexity index is 307. The minimum absolute atomic E-state index is 0. The zero-order valence-electron chi connectivity index (χ0n) is 12.7. The summed E-state index contributed by atoms with van der Waals surface area (Å²) < 4.78 is 1.26. The molecule has 0 bridgehead atoms. The van der Waals surface area contributed by atoms with Gasteiger partial charge < -0.3 is 19.4 Å². The molecule has 1 amide bonds. The van der Waals surface area contributed by atoms with Gasteiger partial charge in [-0.2, -0.15) is 0 Å². The number of carbonyl (C=O) groups excluding carboxylic acids is 1. The van der Waals surface area contributed by atoms with Crippen LogP contribution in [0.15, 0.2) is 12.2 Å². The molecule has 0 aromatic heterocycles. The summed E-state index contributed by atoms with van der Waals surface area (Å²) in [4.78, 5) is 11.4. The molecule has 5 nitrogen and oxygen atoms in total. The van der Waals surface area contributed by atoms with E-state index >= 15 is 0 Å². The van der Waals surface area contributed by atoms with Gasteiger partial charge in [0.1, 0.15) is 13.1 Å². The number of nitrogens with zero attached hydrogens (tertiary/aromatic N) is 2. The molecule has 20 heavy (non-hydrogen) atoms. The first kappa shape index (κ1) is 24.1. The van der Waals surface area contributed by atoms with E-state index in [0.717, 1.165) is 4.48 Å². The van der Waals surface area contributed by atoms with Crippen LogP contribution < -0.4 is 5.32 Å². The van der Waals surface area contributed by atoms with Gasteiger partial charge in [0.2, 0.25) is 0 Å². The predicted molar refractivity (Wildman–Crippen MR) is 87.2 cm³/mol. The van der Waals surface area contributed by atoms with Gasteiger partial charge in [0.25, 0.3) is 5.91 Å². The molecule has 0 saturated heterocycles. The van der Waals surface area contributed by atoms with Crippen LogP contribution in [0.4, 0.5) is 0 Å². The molecule has 2 N–H and O–H groups in total. The minimum Gasteiger partial charge on any atom is -0.382 e. The molecule has 0 aliphatic rings. The van der Waals surface area contributed by atoms with Crippen LogP contribution in [0.2, 0.25) is 0 Å². The summed E-state index contributed by atoms with van der Waals surface area (Å²) in [5.74, 6) is -0.137. The SMILES string of the molecule is C.C.C=C(C)C(=O)NC[N+](C)(C)CC(O)C[N+](C)(C)C. The number of likely N-dealkylation sites (N-methyl/N-ethyl adjacent to an activating group) is 2. The van der Waals surface area contributed by atoms with E-state index < -0.39 is 0 Å². The minimum atomic E-state index is -0.387. The normalized spacial score (nSPS) is 12.8. The maximum atomic E-state index is 11.4. The van der Waals surface area contributed by atoms with Crippen molar-refractivity contribution < 1.29 is 18.9 Å². The number of carbonyl (C=O) groups is 1. The number of rotatable bonds is 7. The number of nitrogens with one attached hydrogen (secondary N) is 1. The fourth-order valence-corrected chi connectivity index (χ4v) is 1.76. The van der Waals surface area contributed by atoms with Gasteiger partial charge in [-0.1, -0.05) is 21.4 Å². The standard InChI is InChI=1S/C13H28N3O2.2CH4/c1-11(2)13(18)14-10-16(6,7)9-12(17)8-15(3,4)5;;/h12,17H,1,8-10H2,2-7H3;2*1H4/q+1;;/p+1. The smallest absolute Gasteiger partial charge is 0.250 e. The van der Waals surface area contributed by atoms with E-state index in [2.05, 4.69) is 11.9 Å². The Hall–Kier alpha value is -0.910. The summed E-state index contributed by atoms with van der Waals surface area (Å²) in [6, 6.07) is 0. The number of aliphatic hydroxyl groups excluding tert-OH is 1. The van der Waals surface area contributed by atoms with Crippen LogP contribution in [-0.4, -0.2) is 81.1 Å². The molecular weight excluding hydrogens is 254 g/mol. The van der Waals surface area contributed by atoms with Gasteiger partial charge in [-0.25, -0.2) is 0 Å². The van der Waals surface area contributed by atoms with E-state index in [1.54, 1.807) is 6.92 Å². The predicted octanol–water partition coefficient (Wildman–Crippen LogP) is 1.05.